The standard InChI is InChI=1S/C15H34O8Si2/c1-16-24(17-2,18-3)10-7-9-22-14(12-15-13-23-15)8-11-25(19-4,20-5)21-6/h14-15H,7-13H2,1-6H3. The number of epoxide rings is 1. The highest BCUT2D eigenvalue weighted by Crippen LogP contribution is 2.25. The zero-order valence-corrected chi connectivity index (χ0v) is 18.4. The van der Waals surface area contributed by atoms with Crippen molar-refractivity contribution in [1.82, 2.24) is 0 Å². The molecule has 1 aliphatic rings. The summed E-state index contributed by atoms with van der Waals surface area (Å²) in [7, 11) is 4.64. The van der Waals surface area contributed by atoms with Crippen LogP contribution in [-0.4, -0.2) is 85.7 Å². The highest BCUT2D eigenvalue weighted by atomic mass is 28.4. The predicted molar refractivity (Wildman–Crippen MR) is 96.5 cm³/mol. The summed E-state index contributed by atoms with van der Waals surface area (Å²) < 4.78 is 44.2. The molecule has 0 aromatic rings. The van der Waals surface area contributed by atoms with E-state index in [1.165, 1.54) is 0 Å². The summed E-state index contributed by atoms with van der Waals surface area (Å²) in [4.78, 5) is 0. The van der Waals surface area contributed by atoms with Crippen molar-refractivity contribution < 1.29 is 36.0 Å². The molecule has 8 nitrogen and oxygen atoms in total. The average Bonchev–Trinajstić information content (AvgIpc) is 3.47. The van der Waals surface area contributed by atoms with Crippen LogP contribution in [0.5, 0.6) is 0 Å². The first-order valence-electron chi connectivity index (χ1n) is 8.56. The second-order valence-electron chi connectivity index (χ2n) is 5.92. The number of hydrogen-bond donors (Lipinski definition) is 0. The van der Waals surface area contributed by atoms with E-state index in [2.05, 4.69) is 0 Å². The summed E-state index contributed by atoms with van der Waals surface area (Å²) >= 11 is 0. The van der Waals surface area contributed by atoms with Crippen LogP contribution in [0.15, 0.2) is 0 Å². The Kier molecular flexibility index (Phi) is 10.9. The van der Waals surface area contributed by atoms with E-state index in [4.69, 9.17) is 36.0 Å². The first-order chi connectivity index (χ1) is 12.0. The molecule has 150 valence electrons. The molecule has 1 heterocycles. The molecule has 1 aliphatic heterocycles. The van der Waals surface area contributed by atoms with Gasteiger partial charge in [0.15, 0.2) is 0 Å². The van der Waals surface area contributed by atoms with Gasteiger partial charge in [0.05, 0.1) is 18.8 Å². The van der Waals surface area contributed by atoms with Crippen molar-refractivity contribution >= 4 is 17.6 Å². The first kappa shape index (κ1) is 23.2. The van der Waals surface area contributed by atoms with Crippen molar-refractivity contribution in [2.24, 2.45) is 0 Å². The van der Waals surface area contributed by atoms with Crippen LogP contribution in [0.25, 0.3) is 0 Å². The van der Waals surface area contributed by atoms with Gasteiger partial charge in [-0.1, -0.05) is 0 Å². The topological polar surface area (TPSA) is 77.1 Å². The molecule has 0 radical (unpaired) electrons. The zero-order valence-electron chi connectivity index (χ0n) is 16.4. The van der Waals surface area contributed by atoms with E-state index >= 15 is 0 Å². The van der Waals surface area contributed by atoms with Crippen molar-refractivity contribution in [3.05, 3.63) is 0 Å². The Balaban J connectivity index is 2.42. The summed E-state index contributed by atoms with van der Waals surface area (Å²) in [6, 6.07) is 1.43. The molecule has 1 fully saturated rings. The molecule has 1 rings (SSSR count). The Labute approximate surface area is 153 Å². The first-order valence-corrected chi connectivity index (χ1v) is 12.4. The van der Waals surface area contributed by atoms with Gasteiger partial charge in [-0.15, -0.1) is 0 Å². The van der Waals surface area contributed by atoms with Gasteiger partial charge in [-0.05, 0) is 12.8 Å². The van der Waals surface area contributed by atoms with Crippen LogP contribution in [0.3, 0.4) is 0 Å². The molecule has 0 bridgehead atoms. The van der Waals surface area contributed by atoms with E-state index in [1.54, 1.807) is 42.7 Å². The van der Waals surface area contributed by atoms with Gasteiger partial charge < -0.3 is 36.0 Å². The molecule has 2 atom stereocenters. The quantitative estimate of drug-likeness (QED) is 0.221. The lowest BCUT2D eigenvalue weighted by molar-refractivity contribution is 0.0316. The smallest absolute Gasteiger partial charge is 0.378 e. The zero-order chi connectivity index (χ0) is 18.8. The molecule has 0 N–H and O–H groups in total. The average molecular weight is 399 g/mol. The maximum absolute atomic E-state index is 6.08. The normalized spacial score (nSPS) is 19.2. The molecular formula is C15H34O8Si2. The summed E-state index contributed by atoms with van der Waals surface area (Å²) in [5, 5.41) is 0. The minimum atomic E-state index is -2.58. The summed E-state index contributed by atoms with van der Waals surface area (Å²) in [5.41, 5.74) is 0. The predicted octanol–water partition coefficient (Wildman–Crippen LogP) is 1.70. The molecule has 0 saturated carbocycles. The Hall–Kier alpha value is 0.114. The van der Waals surface area contributed by atoms with Crippen LogP contribution in [0.2, 0.25) is 12.1 Å². The summed E-state index contributed by atoms with van der Waals surface area (Å²) in [5.74, 6) is 0. The summed E-state index contributed by atoms with van der Waals surface area (Å²) in [6.45, 7) is 1.43. The fourth-order valence-corrected chi connectivity index (χ4v) is 6.23. The molecule has 0 amide bonds. The molecule has 1 saturated heterocycles. The second kappa shape index (κ2) is 11.7. The van der Waals surface area contributed by atoms with Gasteiger partial charge in [-0.3, -0.25) is 0 Å². The minimum Gasteiger partial charge on any atom is -0.378 e. The largest absolute Gasteiger partial charge is 0.500 e. The third-order valence-corrected chi connectivity index (χ3v) is 10.1. The Morgan fingerprint density at radius 1 is 0.840 bits per heavy atom. The van der Waals surface area contributed by atoms with Crippen molar-refractivity contribution in [2.75, 3.05) is 55.9 Å². The molecule has 10 heteroatoms. The van der Waals surface area contributed by atoms with Crippen LogP contribution in [0.1, 0.15) is 19.3 Å². The van der Waals surface area contributed by atoms with Crippen molar-refractivity contribution in [3.8, 4) is 0 Å². The van der Waals surface area contributed by atoms with Crippen LogP contribution >= 0.6 is 0 Å². The van der Waals surface area contributed by atoms with E-state index in [0.717, 1.165) is 31.9 Å². The highest BCUT2D eigenvalue weighted by Gasteiger charge is 2.40. The van der Waals surface area contributed by atoms with E-state index < -0.39 is 17.6 Å². The van der Waals surface area contributed by atoms with Crippen molar-refractivity contribution in [3.63, 3.8) is 0 Å². The number of rotatable bonds is 16. The molecule has 0 spiro atoms. The molecule has 2 unspecified atom stereocenters. The second-order valence-corrected chi connectivity index (χ2v) is 12.1. The molecule has 25 heavy (non-hydrogen) atoms. The van der Waals surface area contributed by atoms with E-state index in [9.17, 15) is 0 Å². The maximum atomic E-state index is 6.08. The Morgan fingerprint density at radius 3 is 1.76 bits per heavy atom. The fraction of sp³-hybridized carbons (Fsp3) is 1.00. The maximum Gasteiger partial charge on any atom is 0.500 e. The van der Waals surface area contributed by atoms with Gasteiger partial charge in [0, 0.05) is 67.8 Å². The monoisotopic (exact) mass is 398 g/mol. The Bertz CT molecular complexity index is 332. The summed E-state index contributed by atoms with van der Waals surface area (Å²) in [6.07, 6.45) is 2.89. The molecule has 0 aliphatic carbocycles. The van der Waals surface area contributed by atoms with Crippen LogP contribution in [-0.2, 0) is 36.0 Å². The van der Waals surface area contributed by atoms with Gasteiger partial charge in [0.2, 0.25) is 0 Å². The van der Waals surface area contributed by atoms with Crippen molar-refractivity contribution in [1.29, 1.82) is 0 Å². The fourth-order valence-electron chi connectivity index (χ4n) is 2.76. The number of hydrogen-bond acceptors (Lipinski definition) is 8. The lowest BCUT2D eigenvalue weighted by atomic mass is 10.1. The van der Waals surface area contributed by atoms with Gasteiger partial charge in [0.1, 0.15) is 0 Å². The van der Waals surface area contributed by atoms with E-state index in [0.29, 0.717) is 18.8 Å². The van der Waals surface area contributed by atoms with Gasteiger partial charge in [0.25, 0.3) is 0 Å². The third kappa shape index (κ3) is 7.71. The van der Waals surface area contributed by atoms with Gasteiger partial charge >= 0.3 is 17.6 Å². The lowest BCUT2D eigenvalue weighted by Crippen LogP contribution is -2.43. The van der Waals surface area contributed by atoms with Crippen LogP contribution in [0.4, 0.5) is 0 Å². The van der Waals surface area contributed by atoms with Crippen LogP contribution < -0.4 is 0 Å². The highest BCUT2D eigenvalue weighted by molar-refractivity contribution is 6.60. The van der Waals surface area contributed by atoms with E-state index in [1.807, 2.05) is 0 Å². The molecule has 0 aromatic carbocycles. The third-order valence-electron chi connectivity index (χ3n) is 4.55. The SMILES string of the molecule is CO[Si](CCCOC(CC[Si](OC)(OC)OC)CC1CO1)(OC)OC. The van der Waals surface area contributed by atoms with Gasteiger partial charge in [-0.2, -0.15) is 0 Å². The van der Waals surface area contributed by atoms with Crippen LogP contribution in [0, 0.1) is 0 Å². The van der Waals surface area contributed by atoms with Crippen molar-refractivity contribution in [2.45, 2.75) is 43.6 Å². The minimum absolute atomic E-state index is 0.0866. The van der Waals surface area contributed by atoms with E-state index in [-0.39, 0.29) is 6.10 Å². The van der Waals surface area contributed by atoms with Gasteiger partial charge in [-0.25, -0.2) is 0 Å². The molecule has 0 aromatic heterocycles. The lowest BCUT2D eigenvalue weighted by Gasteiger charge is -2.27. The number of ether oxygens (including phenoxy) is 2. The Morgan fingerprint density at radius 2 is 1.32 bits per heavy atom. The molecular weight excluding hydrogens is 364 g/mol.